The highest BCUT2D eigenvalue weighted by Crippen LogP contribution is 2.44. The van der Waals surface area contributed by atoms with Crippen LogP contribution in [-0.4, -0.2) is 33.3 Å². The first-order valence-electron chi connectivity index (χ1n) is 11.2. The Labute approximate surface area is 193 Å². The quantitative estimate of drug-likeness (QED) is 0.222. The Morgan fingerprint density at radius 2 is 1.81 bits per heavy atom. The Morgan fingerprint density at radius 3 is 2.35 bits per heavy atom. The minimum atomic E-state index is -1.74. The van der Waals surface area contributed by atoms with E-state index in [9.17, 15) is 0 Å². The van der Waals surface area contributed by atoms with Crippen LogP contribution >= 0.6 is 11.8 Å². The Kier molecular flexibility index (Phi) is 7.71. The summed E-state index contributed by atoms with van der Waals surface area (Å²) in [7, 11) is -0.0195. The molecule has 0 saturated heterocycles. The number of methoxy groups -OCH3 is 1. The highest BCUT2D eigenvalue weighted by Gasteiger charge is 2.36. The van der Waals surface area contributed by atoms with Gasteiger partial charge >= 0.3 is 0 Å². The second-order valence-electron chi connectivity index (χ2n) is 9.81. The number of benzene rings is 1. The number of aromatic nitrogens is 1. The lowest BCUT2D eigenvalue weighted by molar-refractivity contribution is 0.294. The fourth-order valence-electron chi connectivity index (χ4n) is 3.34. The number of thioether (sulfide) groups is 1. The van der Waals surface area contributed by atoms with Gasteiger partial charge in [0.05, 0.1) is 12.8 Å². The van der Waals surface area contributed by atoms with Crippen molar-refractivity contribution in [2.24, 2.45) is 0 Å². The summed E-state index contributed by atoms with van der Waals surface area (Å²) in [6.45, 7) is 12.2. The largest absolute Gasteiger partial charge is 0.481 e. The summed E-state index contributed by atoms with van der Waals surface area (Å²) >= 11 is 1.76. The van der Waals surface area contributed by atoms with Gasteiger partial charge in [-0.3, -0.25) is 0 Å². The fraction of sp³-hybridized carbons (Fsp3) is 0.500. The molecule has 0 bridgehead atoms. The van der Waals surface area contributed by atoms with Crippen molar-refractivity contribution in [3.63, 3.8) is 0 Å². The van der Waals surface area contributed by atoms with Crippen molar-refractivity contribution < 1.29 is 9.16 Å². The van der Waals surface area contributed by atoms with E-state index in [4.69, 9.17) is 14.1 Å². The predicted molar refractivity (Wildman–Crippen MR) is 136 cm³/mol. The highest BCUT2D eigenvalue weighted by atomic mass is 32.2. The molecule has 3 nitrogen and oxygen atoms in total. The molecule has 1 aliphatic carbocycles. The molecule has 0 atom stereocenters. The second kappa shape index (κ2) is 9.93. The van der Waals surface area contributed by atoms with E-state index in [0.717, 1.165) is 30.2 Å². The van der Waals surface area contributed by atoms with Crippen molar-refractivity contribution >= 4 is 25.7 Å². The molecule has 0 spiro atoms. The fourth-order valence-corrected chi connectivity index (χ4v) is 4.81. The average molecular weight is 456 g/mol. The van der Waals surface area contributed by atoms with Crippen molar-refractivity contribution in [1.29, 1.82) is 0 Å². The van der Waals surface area contributed by atoms with E-state index in [-0.39, 0.29) is 5.04 Å². The molecule has 2 aromatic rings. The Hall–Kier alpha value is -1.56. The molecule has 3 rings (SSSR count). The summed E-state index contributed by atoms with van der Waals surface area (Å²) in [5.41, 5.74) is 4.53. The molecule has 31 heavy (non-hydrogen) atoms. The summed E-state index contributed by atoms with van der Waals surface area (Å²) in [5, 5.41) is 0.223. The third-order valence-electron chi connectivity index (χ3n) is 6.51. The molecule has 0 unspecified atom stereocenters. The van der Waals surface area contributed by atoms with Crippen molar-refractivity contribution in [2.45, 2.75) is 69.0 Å². The van der Waals surface area contributed by atoms with Crippen LogP contribution in [0.15, 0.2) is 47.4 Å². The van der Waals surface area contributed by atoms with Gasteiger partial charge in [-0.15, -0.1) is 11.8 Å². The second-order valence-corrected chi connectivity index (χ2v) is 15.5. The molecule has 1 saturated carbocycles. The molecule has 0 N–H and O–H groups in total. The van der Waals surface area contributed by atoms with E-state index >= 15 is 0 Å². The van der Waals surface area contributed by atoms with Crippen LogP contribution in [0.4, 0.5) is 0 Å². The molecule has 1 aromatic carbocycles. The molecule has 0 amide bonds. The Morgan fingerprint density at radius 1 is 1.13 bits per heavy atom. The van der Waals surface area contributed by atoms with Gasteiger partial charge in [0.15, 0.2) is 8.32 Å². The van der Waals surface area contributed by atoms with Gasteiger partial charge in [0.2, 0.25) is 5.88 Å². The van der Waals surface area contributed by atoms with E-state index in [1.54, 1.807) is 18.9 Å². The molecule has 1 heterocycles. The molecule has 1 aliphatic rings. The summed E-state index contributed by atoms with van der Waals surface area (Å²) < 4.78 is 12.1. The maximum atomic E-state index is 6.40. The molecule has 0 aliphatic heterocycles. The zero-order chi connectivity index (χ0) is 22.6. The van der Waals surface area contributed by atoms with E-state index < -0.39 is 8.32 Å². The first kappa shape index (κ1) is 24.1. The van der Waals surface area contributed by atoms with Gasteiger partial charge in [-0.2, -0.15) is 0 Å². The third kappa shape index (κ3) is 6.02. The number of ether oxygens (including phenoxy) is 1. The number of hydrogen-bond acceptors (Lipinski definition) is 4. The molecular weight excluding hydrogens is 418 g/mol. The van der Waals surface area contributed by atoms with Gasteiger partial charge in [0.25, 0.3) is 0 Å². The van der Waals surface area contributed by atoms with Crippen LogP contribution in [0.2, 0.25) is 18.1 Å². The molecule has 1 fully saturated rings. The molecule has 1 aromatic heterocycles. The summed E-state index contributed by atoms with van der Waals surface area (Å²) in [5.74, 6) is 1.38. The average Bonchev–Trinajstić information content (AvgIpc) is 3.58. The first-order chi connectivity index (χ1) is 14.7. The van der Waals surface area contributed by atoms with Gasteiger partial charge in [-0.1, -0.05) is 45.0 Å². The zero-order valence-corrected chi connectivity index (χ0v) is 21.9. The van der Waals surface area contributed by atoms with Crippen molar-refractivity contribution in [3.05, 3.63) is 59.3 Å². The normalized spacial score (nSPS) is 15.3. The third-order valence-corrected chi connectivity index (χ3v) is 11.8. The smallest absolute Gasteiger partial charge is 0.217 e. The minimum absolute atomic E-state index is 0.223. The molecule has 168 valence electrons. The number of hydrogen-bond donors (Lipinski definition) is 0. The van der Waals surface area contributed by atoms with E-state index in [1.165, 1.54) is 28.9 Å². The van der Waals surface area contributed by atoms with Crippen LogP contribution in [0.25, 0.3) is 5.57 Å². The Balaban J connectivity index is 1.87. The minimum Gasteiger partial charge on any atom is -0.481 e. The van der Waals surface area contributed by atoms with Crippen molar-refractivity contribution in [2.75, 3.05) is 20.0 Å². The predicted octanol–water partition coefficient (Wildman–Crippen LogP) is 7.53. The van der Waals surface area contributed by atoms with Crippen LogP contribution in [-0.2, 0) is 4.43 Å². The van der Waals surface area contributed by atoms with Crippen LogP contribution in [0.3, 0.4) is 0 Å². The molecular formula is C26H37NO2SSi. The molecule has 0 radical (unpaired) electrons. The maximum Gasteiger partial charge on any atom is 0.217 e. The Bertz CT molecular complexity index is 912. The lowest BCUT2D eigenvalue weighted by Gasteiger charge is -2.36. The summed E-state index contributed by atoms with van der Waals surface area (Å²) in [6, 6.07) is 13.1. The number of rotatable bonds is 9. The SMILES string of the molecule is COc1nc(/C(=C\CCO[Si](C)(C)C(C)(C)C)c2ccc(SC)cc2)ccc1C1CC1. The summed E-state index contributed by atoms with van der Waals surface area (Å²) in [6.07, 6.45) is 7.72. The van der Waals surface area contributed by atoms with Gasteiger partial charge in [-0.25, -0.2) is 4.98 Å². The van der Waals surface area contributed by atoms with Crippen LogP contribution in [0.5, 0.6) is 5.88 Å². The van der Waals surface area contributed by atoms with E-state index in [0.29, 0.717) is 5.92 Å². The molecule has 5 heteroatoms. The summed E-state index contributed by atoms with van der Waals surface area (Å²) in [4.78, 5) is 6.17. The van der Waals surface area contributed by atoms with Crippen LogP contribution < -0.4 is 4.74 Å². The zero-order valence-electron chi connectivity index (χ0n) is 20.1. The number of pyridine rings is 1. The van der Waals surface area contributed by atoms with E-state index in [1.807, 2.05) is 0 Å². The van der Waals surface area contributed by atoms with E-state index in [2.05, 4.69) is 82.6 Å². The van der Waals surface area contributed by atoms with Crippen molar-refractivity contribution in [3.8, 4) is 5.88 Å². The van der Waals surface area contributed by atoms with Crippen LogP contribution in [0.1, 0.15) is 62.8 Å². The topological polar surface area (TPSA) is 31.4 Å². The van der Waals surface area contributed by atoms with Gasteiger partial charge in [0.1, 0.15) is 0 Å². The van der Waals surface area contributed by atoms with Gasteiger partial charge < -0.3 is 9.16 Å². The lowest BCUT2D eigenvalue weighted by atomic mass is 10.00. The maximum absolute atomic E-state index is 6.40. The first-order valence-corrected chi connectivity index (χ1v) is 15.3. The van der Waals surface area contributed by atoms with Gasteiger partial charge in [-0.05, 0) is 73.3 Å². The lowest BCUT2D eigenvalue weighted by Crippen LogP contribution is -2.40. The number of nitrogens with zero attached hydrogens (tertiary/aromatic N) is 1. The standard InChI is InChI=1S/C26H37NO2SSi/c1-26(2,3)31(6,7)29-18-8-9-22(19-12-14-21(30-5)15-13-19)24-17-16-23(20-10-11-20)25(27-24)28-4/h9,12-17,20H,8,10-11,18H2,1-7H3/b22-9-. The monoisotopic (exact) mass is 455 g/mol. The van der Waals surface area contributed by atoms with Gasteiger partial charge in [0, 0.05) is 22.6 Å². The van der Waals surface area contributed by atoms with Crippen LogP contribution in [0, 0.1) is 0 Å². The highest BCUT2D eigenvalue weighted by molar-refractivity contribution is 7.98. The van der Waals surface area contributed by atoms with Crippen molar-refractivity contribution in [1.82, 2.24) is 4.98 Å².